The molecule has 0 saturated heterocycles. The second kappa shape index (κ2) is 4.61. The minimum Gasteiger partial charge on any atom is -0.459 e. The van der Waals surface area contributed by atoms with Gasteiger partial charge in [-0.3, -0.25) is 9.59 Å². The molecule has 0 bridgehead atoms. The first-order chi connectivity index (χ1) is 9.22. The van der Waals surface area contributed by atoms with E-state index in [-0.39, 0.29) is 18.4 Å². The summed E-state index contributed by atoms with van der Waals surface area (Å²) in [6.07, 6.45) is 2.82. The zero-order valence-corrected chi connectivity index (χ0v) is 10.1. The zero-order chi connectivity index (χ0) is 13.2. The second-order valence-electron chi connectivity index (χ2n) is 4.31. The zero-order valence-electron chi connectivity index (χ0n) is 10.1. The summed E-state index contributed by atoms with van der Waals surface area (Å²) in [6.45, 7) is 0.324. The lowest BCUT2D eigenvalue weighted by Crippen LogP contribution is -2.33. The van der Waals surface area contributed by atoms with E-state index in [1.807, 2.05) is 30.3 Å². The van der Waals surface area contributed by atoms with Gasteiger partial charge in [0.05, 0.1) is 13.1 Å². The maximum atomic E-state index is 11.8. The fraction of sp³-hybridized carbons (Fsp3) is 0.143. The number of benzene rings is 1. The Morgan fingerprint density at radius 3 is 2.95 bits per heavy atom. The molecule has 0 unspecified atom stereocenters. The van der Waals surface area contributed by atoms with Gasteiger partial charge in [-0.05, 0) is 12.1 Å². The van der Waals surface area contributed by atoms with Gasteiger partial charge in [-0.2, -0.15) is 0 Å². The van der Waals surface area contributed by atoms with E-state index in [1.54, 1.807) is 0 Å². The molecule has 0 aliphatic carbocycles. The van der Waals surface area contributed by atoms with E-state index in [4.69, 9.17) is 4.42 Å². The number of fused-ring (bicyclic) bond motifs is 1. The van der Waals surface area contributed by atoms with Crippen LogP contribution in [-0.4, -0.2) is 23.3 Å². The molecule has 1 aliphatic heterocycles. The minimum absolute atomic E-state index is 0.00601. The number of hydrogen-bond acceptors (Lipinski definition) is 3. The predicted molar refractivity (Wildman–Crippen MR) is 68.9 cm³/mol. The molecule has 19 heavy (non-hydrogen) atoms. The summed E-state index contributed by atoms with van der Waals surface area (Å²) in [5.74, 6) is 0.261. The van der Waals surface area contributed by atoms with Crippen molar-refractivity contribution in [2.75, 3.05) is 6.54 Å². The number of carbonyl (C=O) groups is 2. The molecule has 1 aliphatic rings. The smallest absolute Gasteiger partial charge is 0.246 e. The number of nitrogens with zero attached hydrogens (tertiary/aromatic N) is 1. The van der Waals surface area contributed by atoms with Crippen molar-refractivity contribution in [1.82, 2.24) is 10.2 Å². The Morgan fingerprint density at radius 2 is 2.11 bits per heavy atom. The molecule has 2 amide bonds. The van der Waals surface area contributed by atoms with Crippen LogP contribution in [0.4, 0.5) is 0 Å². The molecule has 5 heteroatoms. The maximum absolute atomic E-state index is 11.8. The van der Waals surface area contributed by atoms with Gasteiger partial charge in [-0.1, -0.05) is 18.2 Å². The molecule has 5 nitrogen and oxygen atoms in total. The van der Waals surface area contributed by atoms with Gasteiger partial charge in [0.25, 0.3) is 0 Å². The van der Waals surface area contributed by atoms with E-state index in [0.717, 1.165) is 11.0 Å². The molecule has 3 rings (SSSR count). The molecule has 2 aromatic rings. The molecule has 1 aromatic heterocycles. The van der Waals surface area contributed by atoms with E-state index in [9.17, 15) is 9.59 Å². The van der Waals surface area contributed by atoms with Gasteiger partial charge < -0.3 is 14.6 Å². The molecule has 0 fully saturated rings. The van der Waals surface area contributed by atoms with Gasteiger partial charge in [-0.15, -0.1) is 0 Å². The summed E-state index contributed by atoms with van der Waals surface area (Å²) >= 11 is 0. The van der Waals surface area contributed by atoms with Gasteiger partial charge in [0.1, 0.15) is 11.3 Å². The topological polar surface area (TPSA) is 62.6 Å². The van der Waals surface area contributed by atoms with Crippen molar-refractivity contribution < 1.29 is 14.0 Å². The van der Waals surface area contributed by atoms with Crippen molar-refractivity contribution in [3.05, 3.63) is 48.4 Å². The lowest BCUT2D eigenvalue weighted by Gasteiger charge is -2.14. The molecule has 1 N–H and O–H groups in total. The first-order valence-corrected chi connectivity index (χ1v) is 5.95. The van der Waals surface area contributed by atoms with Gasteiger partial charge in [0.15, 0.2) is 0 Å². The van der Waals surface area contributed by atoms with E-state index in [0.29, 0.717) is 12.3 Å². The molecule has 1 aromatic carbocycles. The number of amides is 2. The molecule has 0 saturated carbocycles. The summed E-state index contributed by atoms with van der Waals surface area (Å²) in [5.41, 5.74) is 0.790. The lowest BCUT2D eigenvalue weighted by molar-refractivity contribution is -0.129. The highest BCUT2D eigenvalue weighted by molar-refractivity contribution is 5.93. The highest BCUT2D eigenvalue weighted by Crippen LogP contribution is 2.20. The Bertz CT molecular complexity index is 639. The summed E-state index contributed by atoms with van der Waals surface area (Å²) < 4.78 is 5.65. The van der Waals surface area contributed by atoms with Crippen LogP contribution in [0.5, 0.6) is 0 Å². The van der Waals surface area contributed by atoms with E-state index >= 15 is 0 Å². The largest absolute Gasteiger partial charge is 0.459 e. The van der Waals surface area contributed by atoms with Gasteiger partial charge in [0.2, 0.25) is 11.8 Å². The Kier molecular flexibility index (Phi) is 2.79. The van der Waals surface area contributed by atoms with Crippen LogP contribution in [-0.2, 0) is 16.1 Å². The average molecular weight is 256 g/mol. The van der Waals surface area contributed by atoms with Crippen molar-refractivity contribution in [1.29, 1.82) is 0 Å². The molecule has 2 heterocycles. The maximum Gasteiger partial charge on any atom is 0.246 e. The number of nitrogens with one attached hydrogen (secondary N) is 1. The molecule has 0 spiro atoms. The Hall–Kier alpha value is -2.56. The van der Waals surface area contributed by atoms with Crippen LogP contribution in [0.3, 0.4) is 0 Å². The molecule has 96 valence electrons. The molecular weight excluding hydrogens is 244 g/mol. The predicted octanol–water partition coefficient (Wildman–Crippen LogP) is 1.40. The fourth-order valence-corrected chi connectivity index (χ4v) is 1.99. The van der Waals surface area contributed by atoms with E-state index in [1.165, 1.54) is 17.2 Å². The lowest BCUT2D eigenvalue weighted by atomic mass is 10.2. The first-order valence-electron chi connectivity index (χ1n) is 5.95. The molecule has 0 radical (unpaired) electrons. The molecular formula is C14H12N2O3. The summed E-state index contributed by atoms with van der Waals surface area (Å²) in [4.78, 5) is 24.4. The van der Waals surface area contributed by atoms with Gasteiger partial charge in [-0.25, -0.2) is 0 Å². The van der Waals surface area contributed by atoms with Gasteiger partial charge in [0, 0.05) is 17.7 Å². The number of rotatable bonds is 2. The second-order valence-corrected chi connectivity index (χ2v) is 4.31. The van der Waals surface area contributed by atoms with Crippen LogP contribution in [0.2, 0.25) is 0 Å². The number of carbonyl (C=O) groups excluding carboxylic acids is 2. The third-order valence-electron chi connectivity index (χ3n) is 2.94. The number of para-hydroxylation sites is 1. The average Bonchev–Trinajstić information content (AvgIpc) is 2.75. The quantitative estimate of drug-likeness (QED) is 0.883. The van der Waals surface area contributed by atoms with Crippen LogP contribution in [0, 0.1) is 0 Å². The summed E-state index contributed by atoms with van der Waals surface area (Å²) in [5, 5.41) is 3.49. The Morgan fingerprint density at radius 1 is 1.26 bits per heavy atom. The van der Waals surface area contributed by atoms with Crippen LogP contribution in [0.15, 0.2) is 47.0 Å². The SMILES string of the molecule is O=C1C=CN(Cc2cc3ccccc3o2)C(=O)CN1. The summed E-state index contributed by atoms with van der Waals surface area (Å²) in [6, 6.07) is 9.56. The third-order valence-corrected chi connectivity index (χ3v) is 2.94. The van der Waals surface area contributed by atoms with E-state index < -0.39 is 0 Å². The van der Waals surface area contributed by atoms with E-state index in [2.05, 4.69) is 5.32 Å². The Balaban J connectivity index is 1.85. The minimum atomic E-state index is -0.263. The number of furan rings is 1. The highest BCUT2D eigenvalue weighted by atomic mass is 16.3. The van der Waals surface area contributed by atoms with Crippen molar-refractivity contribution >= 4 is 22.8 Å². The normalized spacial score (nSPS) is 15.7. The summed E-state index contributed by atoms with van der Waals surface area (Å²) in [7, 11) is 0. The fourth-order valence-electron chi connectivity index (χ4n) is 1.99. The third kappa shape index (κ3) is 2.35. The van der Waals surface area contributed by atoms with Crippen LogP contribution in [0.1, 0.15) is 5.76 Å². The monoisotopic (exact) mass is 256 g/mol. The van der Waals surface area contributed by atoms with Crippen LogP contribution < -0.4 is 5.32 Å². The van der Waals surface area contributed by atoms with Crippen molar-refractivity contribution in [2.45, 2.75) is 6.54 Å². The van der Waals surface area contributed by atoms with Crippen molar-refractivity contribution in [3.63, 3.8) is 0 Å². The first kappa shape index (κ1) is 11.5. The Labute approximate surface area is 109 Å². The number of hydrogen-bond donors (Lipinski definition) is 1. The van der Waals surface area contributed by atoms with Crippen molar-refractivity contribution in [2.24, 2.45) is 0 Å². The van der Waals surface area contributed by atoms with Crippen molar-refractivity contribution in [3.8, 4) is 0 Å². The highest BCUT2D eigenvalue weighted by Gasteiger charge is 2.17. The molecule has 0 atom stereocenters. The van der Waals surface area contributed by atoms with Crippen LogP contribution in [0.25, 0.3) is 11.0 Å². The standard InChI is InChI=1S/C14H12N2O3/c17-13-5-6-16(14(18)8-15-13)9-11-7-10-3-1-2-4-12(10)19-11/h1-7H,8-9H2,(H,15,17). The van der Waals surface area contributed by atoms with Gasteiger partial charge >= 0.3 is 0 Å². The van der Waals surface area contributed by atoms with Crippen LogP contribution >= 0.6 is 0 Å².